The molecule has 2 heterocycles. The number of carbonyl (C=O) groups is 2. The van der Waals surface area contributed by atoms with E-state index in [1.807, 2.05) is 58.0 Å². The fourth-order valence-corrected chi connectivity index (χ4v) is 5.18. The van der Waals surface area contributed by atoms with Crippen molar-refractivity contribution in [3.05, 3.63) is 35.9 Å². The second-order valence-corrected chi connectivity index (χ2v) is 10.6. The largest absolute Gasteiger partial charge is 0.459 e. The summed E-state index contributed by atoms with van der Waals surface area (Å²) in [7, 11) is 0. The highest BCUT2D eigenvalue weighted by Crippen LogP contribution is 2.32. The molecule has 178 valence electrons. The first kappa shape index (κ1) is 24.7. The third-order valence-electron chi connectivity index (χ3n) is 7.42. The van der Waals surface area contributed by atoms with Crippen LogP contribution in [0.4, 0.5) is 0 Å². The van der Waals surface area contributed by atoms with Gasteiger partial charge in [0.1, 0.15) is 11.2 Å². The molecule has 4 N–H and O–H groups in total. The number of ether oxygens (including phenoxy) is 2. The van der Waals surface area contributed by atoms with Gasteiger partial charge in [0.15, 0.2) is 5.92 Å². The van der Waals surface area contributed by atoms with Gasteiger partial charge >= 0.3 is 11.9 Å². The molecule has 2 aliphatic heterocycles. The van der Waals surface area contributed by atoms with E-state index >= 15 is 0 Å². The number of hydrogen-bond acceptors (Lipinski definition) is 4. The van der Waals surface area contributed by atoms with Crippen molar-refractivity contribution in [2.24, 2.45) is 17.8 Å². The van der Waals surface area contributed by atoms with Gasteiger partial charge in [-0.15, -0.1) is 0 Å². The number of quaternary nitrogens is 2. The number of benzene rings is 1. The van der Waals surface area contributed by atoms with Crippen LogP contribution in [-0.2, 0) is 25.5 Å². The minimum Gasteiger partial charge on any atom is -0.459 e. The first-order chi connectivity index (χ1) is 15.2. The van der Waals surface area contributed by atoms with Crippen LogP contribution in [0.3, 0.4) is 0 Å². The summed E-state index contributed by atoms with van der Waals surface area (Å²) in [4.78, 5) is 26.7. The molecule has 0 saturated carbocycles. The molecule has 32 heavy (non-hydrogen) atoms. The molecule has 1 aromatic rings. The summed E-state index contributed by atoms with van der Waals surface area (Å²) in [5, 5.41) is 4.60. The van der Waals surface area contributed by atoms with E-state index < -0.39 is 29.1 Å². The zero-order chi connectivity index (χ0) is 23.2. The summed E-state index contributed by atoms with van der Waals surface area (Å²) in [6, 6.07) is 9.67. The van der Waals surface area contributed by atoms with E-state index in [0.29, 0.717) is 18.3 Å². The van der Waals surface area contributed by atoms with Crippen molar-refractivity contribution in [2.75, 3.05) is 26.2 Å². The predicted octanol–water partition coefficient (Wildman–Crippen LogP) is 1.44. The van der Waals surface area contributed by atoms with Crippen molar-refractivity contribution in [1.82, 2.24) is 0 Å². The van der Waals surface area contributed by atoms with Gasteiger partial charge in [-0.05, 0) is 39.7 Å². The Morgan fingerprint density at radius 1 is 0.812 bits per heavy atom. The Labute approximate surface area is 192 Å². The van der Waals surface area contributed by atoms with Crippen LogP contribution in [0.25, 0.3) is 0 Å². The zero-order valence-corrected chi connectivity index (χ0v) is 20.3. The van der Waals surface area contributed by atoms with E-state index in [4.69, 9.17) is 9.47 Å². The van der Waals surface area contributed by atoms with Crippen LogP contribution in [0.5, 0.6) is 0 Å². The van der Waals surface area contributed by atoms with Gasteiger partial charge < -0.3 is 20.1 Å². The Balaban J connectivity index is 1.74. The van der Waals surface area contributed by atoms with Gasteiger partial charge in [0.25, 0.3) is 0 Å². The van der Waals surface area contributed by atoms with Gasteiger partial charge in [0.2, 0.25) is 0 Å². The molecular weight excluding hydrogens is 404 g/mol. The van der Waals surface area contributed by atoms with Crippen molar-refractivity contribution in [1.29, 1.82) is 0 Å². The minimum atomic E-state index is -0.957. The molecule has 0 radical (unpaired) electrons. The average molecular weight is 447 g/mol. The summed E-state index contributed by atoms with van der Waals surface area (Å²) < 4.78 is 12.1. The van der Waals surface area contributed by atoms with Crippen molar-refractivity contribution >= 4 is 11.9 Å². The number of esters is 2. The third-order valence-corrected chi connectivity index (χ3v) is 7.42. The Kier molecular flexibility index (Phi) is 8.34. The number of hydrogen-bond donors (Lipinski definition) is 2. The molecule has 2 saturated heterocycles. The van der Waals surface area contributed by atoms with Gasteiger partial charge in [-0.3, -0.25) is 9.59 Å². The van der Waals surface area contributed by atoms with E-state index in [1.165, 1.54) is 0 Å². The summed E-state index contributed by atoms with van der Waals surface area (Å²) in [5.74, 6) is -1.28. The number of piperidine rings is 2. The highest BCUT2D eigenvalue weighted by Gasteiger charge is 2.42. The first-order valence-corrected chi connectivity index (χ1v) is 12.3. The predicted molar refractivity (Wildman–Crippen MR) is 123 cm³/mol. The monoisotopic (exact) mass is 446 g/mol. The lowest BCUT2D eigenvalue weighted by Gasteiger charge is -2.38. The molecule has 3 rings (SSSR count). The van der Waals surface area contributed by atoms with Crippen molar-refractivity contribution < 1.29 is 29.7 Å². The van der Waals surface area contributed by atoms with E-state index in [1.54, 1.807) is 0 Å². The van der Waals surface area contributed by atoms with Crippen molar-refractivity contribution in [3.8, 4) is 0 Å². The second-order valence-electron chi connectivity index (χ2n) is 10.6. The molecule has 0 aromatic heterocycles. The van der Waals surface area contributed by atoms with Crippen molar-refractivity contribution in [2.45, 2.75) is 71.0 Å². The smallest absolute Gasteiger partial charge is 0.321 e. The number of nitrogens with two attached hydrogens (primary N) is 2. The third kappa shape index (κ3) is 6.55. The SMILES string of the molecule is CC(C)(OC(=O)C(Cc1ccccc1)C(=O)OC(C)(C)C1CC[NH2+]CC1)C1CC[NH2+]CC1. The summed E-state index contributed by atoms with van der Waals surface area (Å²) in [6.45, 7) is 12.1. The molecule has 1 aromatic carbocycles. The quantitative estimate of drug-likeness (QED) is 0.467. The Morgan fingerprint density at radius 3 is 1.62 bits per heavy atom. The second kappa shape index (κ2) is 10.8. The zero-order valence-electron chi connectivity index (χ0n) is 20.3. The molecule has 0 aliphatic carbocycles. The van der Waals surface area contributed by atoms with Crippen LogP contribution in [0, 0.1) is 17.8 Å². The fourth-order valence-electron chi connectivity index (χ4n) is 5.18. The molecule has 6 nitrogen and oxygen atoms in total. The summed E-state index contributed by atoms with van der Waals surface area (Å²) in [6.07, 6.45) is 4.35. The topological polar surface area (TPSA) is 85.8 Å². The minimum absolute atomic E-state index is 0.293. The molecule has 0 unspecified atom stereocenters. The molecule has 0 bridgehead atoms. The maximum atomic E-state index is 13.4. The van der Waals surface area contributed by atoms with E-state index in [-0.39, 0.29) is 0 Å². The Morgan fingerprint density at radius 2 is 1.22 bits per heavy atom. The molecular formula is C26H42N2O4+2. The van der Waals surface area contributed by atoms with Gasteiger partial charge in [-0.1, -0.05) is 30.3 Å². The first-order valence-electron chi connectivity index (χ1n) is 12.3. The van der Waals surface area contributed by atoms with Gasteiger partial charge in [-0.25, -0.2) is 0 Å². The van der Waals surface area contributed by atoms with Crippen LogP contribution in [-0.4, -0.2) is 49.3 Å². The van der Waals surface area contributed by atoms with E-state index in [0.717, 1.165) is 57.4 Å². The van der Waals surface area contributed by atoms with E-state index in [2.05, 4.69) is 10.6 Å². The van der Waals surface area contributed by atoms with Crippen LogP contribution in [0.1, 0.15) is 58.9 Å². The van der Waals surface area contributed by atoms with Gasteiger partial charge in [-0.2, -0.15) is 0 Å². The standard InChI is InChI=1S/C26H40N2O4/c1-25(2,20-10-14-27-15-11-20)31-23(29)22(18-19-8-6-5-7-9-19)24(30)32-26(3,4)21-12-16-28-17-13-21/h5-9,20-22,27-28H,10-18H2,1-4H3/p+2. The Bertz CT molecular complexity index is 706. The molecule has 0 amide bonds. The number of rotatable bonds is 8. The maximum Gasteiger partial charge on any atom is 0.321 e. The highest BCUT2D eigenvalue weighted by molar-refractivity contribution is 5.95. The molecule has 0 spiro atoms. The summed E-state index contributed by atoms with van der Waals surface area (Å²) >= 11 is 0. The lowest BCUT2D eigenvalue weighted by atomic mass is 9.83. The molecule has 2 aliphatic rings. The lowest BCUT2D eigenvalue weighted by Crippen LogP contribution is -2.86. The molecule has 2 fully saturated rings. The van der Waals surface area contributed by atoms with E-state index in [9.17, 15) is 9.59 Å². The van der Waals surface area contributed by atoms with Crippen molar-refractivity contribution in [3.63, 3.8) is 0 Å². The lowest BCUT2D eigenvalue weighted by molar-refractivity contribution is -0.666. The van der Waals surface area contributed by atoms with Crippen LogP contribution >= 0.6 is 0 Å². The van der Waals surface area contributed by atoms with Gasteiger partial charge in [0.05, 0.1) is 26.2 Å². The Hall–Kier alpha value is -1.92. The highest BCUT2D eigenvalue weighted by atomic mass is 16.6. The van der Waals surface area contributed by atoms with Crippen LogP contribution in [0.2, 0.25) is 0 Å². The van der Waals surface area contributed by atoms with Gasteiger partial charge in [0, 0.05) is 37.5 Å². The summed E-state index contributed by atoms with van der Waals surface area (Å²) in [5.41, 5.74) is -0.272. The number of carbonyl (C=O) groups excluding carboxylic acids is 2. The average Bonchev–Trinajstić information content (AvgIpc) is 2.78. The van der Waals surface area contributed by atoms with Crippen LogP contribution < -0.4 is 10.6 Å². The maximum absolute atomic E-state index is 13.4. The normalized spacial score (nSPS) is 19.0. The van der Waals surface area contributed by atoms with Crippen LogP contribution in [0.15, 0.2) is 30.3 Å². The molecule has 0 atom stereocenters. The fraction of sp³-hybridized carbons (Fsp3) is 0.692. The molecule has 6 heteroatoms.